The van der Waals surface area contributed by atoms with Crippen molar-refractivity contribution in [3.8, 4) is 11.5 Å². The third-order valence-corrected chi connectivity index (χ3v) is 4.33. The maximum atomic E-state index is 11.0. The number of ether oxygens (including phenoxy) is 3. The van der Waals surface area contributed by atoms with E-state index < -0.39 is 6.10 Å². The van der Waals surface area contributed by atoms with E-state index in [0.29, 0.717) is 38.2 Å². The number of anilines is 1. The lowest BCUT2D eigenvalue weighted by Gasteiger charge is -2.15. The summed E-state index contributed by atoms with van der Waals surface area (Å²) >= 11 is 0. The lowest BCUT2D eigenvalue weighted by atomic mass is 10.1. The zero-order chi connectivity index (χ0) is 22.5. The summed E-state index contributed by atoms with van der Waals surface area (Å²) in [5.74, 6) is 1.36. The first kappa shape index (κ1) is 24.7. The molecule has 7 nitrogen and oxygen atoms in total. The van der Waals surface area contributed by atoms with E-state index in [1.807, 2.05) is 62.4 Å². The Morgan fingerprint density at radius 2 is 1.58 bits per heavy atom. The molecule has 0 aliphatic carbocycles. The molecule has 0 aromatic heterocycles. The van der Waals surface area contributed by atoms with E-state index in [1.54, 1.807) is 0 Å². The Morgan fingerprint density at radius 3 is 2.19 bits per heavy atom. The minimum Gasteiger partial charge on any atom is -0.491 e. The van der Waals surface area contributed by atoms with Crippen molar-refractivity contribution in [1.29, 1.82) is 0 Å². The van der Waals surface area contributed by atoms with Crippen LogP contribution in [0.25, 0.3) is 0 Å². The van der Waals surface area contributed by atoms with Crippen molar-refractivity contribution in [1.82, 2.24) is 5.32 Å². The van der Waals surface area contributed by atoms with Crippen molar-refractivity contribution in [2.75, 3.05) is 38.3 Å². The topological polar surface area (TPSA) is 89.1 Å². The average molecular weight is 431 g/mol. The Hall–Kier alpha value is -2.61. The maximum absolute atomic E-state index is 11.0. The third-order valence-electron chi connectivity index (χ3n) is 4.33. The van der Waals surface area contributed by atoms with Gasteiger partial charge >= 0.3 is 0 Å². The summed E-state index contributed by atoms with van der Waals surface area (Å²) in [4.78, 5) is 11.0. The van der Waals surface area contributed by atoms with Crippen LogP contribution in [0.4, 0.5) is 5.69 Å². The van der Waals surface area contributed by atoms with Crippen LogP contribution >= 0.6 is 0 Å². The van der Waals surface area contributed by atoms with Gasteiger partial charge in [0.25, 0.3) is 0 Å². The van der Waals surface area contributed by atoms with Gasteiger partial charge in [0.2, 0.25) is 5.91 Å². The number of aliphatic hydroxyl groups is 1. The molecule has 2 rings (SSSR count). The fourth-order valence-corrected chi connectivity index (χ4v) is 2.72. The monoisotopic (exact) mass is 430 g/mol. The van der Waals surface area contributed by atoms with Gasteiger partial charge in [-0.2, -0.15) is 0 Å². The first-order valence-electron chi connectivity index (χ1n) is 10.6. The number of hydrogen-bond donors (Lipinski definition) is 3. The van der Waals surface area contributed by atoms with Crippen molar-refractivity contribution in [3.63, 3.8) is 0 Å². The molecule has 31 heavy (non-hydrogen) atoms. The molecule has 0 fully saturated rings. The van der Waals surface area contributed by atoms with Gasteiger partial charge < -0.3 is 30.0 Å². The highest BCUT2D eigenvalue weighted by Gasteiger charge is 2.06. The zero-order valence-corrected chi connectivity index (χ0v) is 18.6. The fourth-order valence-electron chi connectivity index (χ4n) is 2.72. The van der Waals surface area contributed by atoms with Crippen molar-refractivity contribution >= 4 is 11.6 Å². The quantitative estimate of drug-likeness (QED) is 0.399. The number of hydrogen-bond acceptors (Lipinski definition) is 6. The van der Waals surface area contributed by atoms with Crippen molar-refractivity contribution < 1.29 is 24.1 Å². The van der Waals surface area contributed by atoms with Crippen LogP contribution in [-0.4, -0.2) is 56.1 Å². The van der Waals surface area contributed by atoms with Crippen LogP contribution in [0.2, 0.25) is 0 Å². The number of amides is 1. The van der Waals surface area contributed by atoms with Gasteiger partial charge in [-0.1, -0.05) is 26.0 Å². The Morgan fingerprint density at radius 1 is 0.935 bits per heavy atom. The maximum Gasteiger partial charge on any atom is 0.221 e. The number of carbonyl (C=O) groups is 1. The predicted molar refractivity (Wildman–Crippen MR) is 122 cm³/mol. The molecule has 0 radical (unpaired) electrons. The zero-order valence-electron chi connectivity index (χ0n) is 18.6. The Balaban J connectivity index is 1.56. The first-order chi connectivity index (χ1) is 14.9. The number of nitrogens with one attached hydrogen (secondary N) is 2. The highest BCUT2D eigenvalue weighted by molar-refractivity contribution is 5.88. The third kappa shape index (κ3) is 10.8. The molecular formula is C24H34N2O5. The van der Waals surface area contributed by atoms with Crippen molar-refractivity contribution in [3.05, 3.63) is 54.1 Å². The van der Waals surface area contributed by atoms with Gasteiger partial charge in [-0.25, -0.2) is 0 Å². The summed E-state index contributed by atoms with van der Waals surface area (Å²) in [5.41, 5.74) is 1.94. The highest BCUT2D eigenvalue weighted by atomic mass is 16.5. The smallest absolute Gasteiger partial charge is 0.221 e. The normalized spacial score (nSPS) is 11.9. The second-order valence-electron chi connectivity index (χ2n) is 7.59. The molecule has 0 spiro atoms. The van der Waals surface area contributed by atoms with Crippen LogP contribution in [0.15, 0.2) is 48.5 Å². The van der Waals surface area contributed by atoms with Gasteiger partial charge in [0.1, 0.15) is 30.8 Å². The van der Waals surface area contributed by atoms with Crippen LogP contribution in [-0.2, 0) is 16.0 Å². The second-order valence-corrected chi connectivity index (χ2v) is 7.59. The summed E-state index contributed by atoms with van der Waals surface area (Å²) in [6, 6.07) is 15.4. The number of aliphatic hydroxyl groups excluding tert-OH is 1. The van der Waals surface area contributed by atoms with Gasteiger partial charge in [0.05, 0.1) is 13.2 Å². The van der Waals surface area contributed by atoms with E-state index in [9.17, 15) is 9.90 Å². The minimum atomic E-state index is -0.550. The molecule has 0 aliphatic heterocycles. The van der Waals surface area contributed by atoms with Crippen LogP contribution in [0, 0.1) is 0 Å². The molecule has 0 bridgehead atoms. The Kier molecular flexibility index (Phi) is 10.9. The van der Waals surface area contributed by atoms with E-state index in [2.05, 4.69) is 10.6 Å². The van der Waals surface area contributed by atoms with E-state index in [-0.39, 0.29) is 12.5 Å². The predicted octanol–water partition coefficient (Wildman–Crippen LogP) is 3.02. The summed E-state index contributed by atoms with van der Waals surface area (Å²) in [7, 11) is 0. The molecule has 1 amide bonds. The fraction of sp³-hybridized carbons (Fsp3) is 0.458. The van der Waals surface area contributed by atoms with Gasteiger partial charge in [-0.3, -0.25) is 4.79 Å². The largest absolute Gasteiger partial charge is 0.491 e. The van der Waals surface area contributed by atoms with Gasteiger partial charge in [-0.15, -0.1) is 0 Å². The first-order valence-corrected chi connectivity index (χ1v) is 10.6. The molecule has 1 unspecified atom stereocenters. The molecule has 2 aromatic carbocycles. The number of carbonyl (C=O) groups excluding carboxylic acids is 1. The number of rotatable bonds is 14. The Bertz CT molecular complexity index is 763. The highest BCUT2D eigenvalue weighted by Crippen LogP contribution is 2.17. The number of benzene rings is 2. The lowest BCUT2D eigenvalue weighted by molar-refractivity contribution is -0.114. The Labute approximate surface area is 184 Å². The van der Waals surface area contributed by atoms with E-state index in [4.69, 9.17) is 14.2 Å². The van der Waals surface area contributed by atoms with E-state index in [0.717, 1.165) is 23.4 Å². The van der Waals surface area contributed by atoms with Gasteiger partial charge in [0, 0.05) is 25.2 Å². The molecule has 7 heteroatoms. The van der Waals surface area contributed by atoms with Crippen molar-refractivity contribution in [2.24, 2.45) is 0 Å². The summed E-state index contributed by atoms with van der Waals surface area (Å²) < 4.78 is 16.9. The van der Waals surface area contributed by atoms with E-state index >= 15 is 0 Å². The van der Waals surface area contributed by atoms with Crippen molar-refractivity contribution in [2.45, 2.75) is 39.3 Å². The average Bonchev–Trinajstić information content (AvgIpc) is 2.74. The molecule has 0 aliphatic rings. The summed E-state index contributed by atoms with van der Waals surface area (Å²) in [6.45, 7) is 7.86. The minimum absolute atomic E-state index is 0.0771. The summed E-state index contributed by atoms with van der Waals surface area (Å²) in [6.07, 6.45) is 0.246. The molecule has 0 saturated carbocycles. The molecule has 3 N–H and O–H groups in total. The van der Waals surface area contributed by atoms with Crippen LogP contribution in [0.5, 0.6) is 11.5 Å². The molecule has 0 saturated heterocycles. The molecule has 2 aromatic rings. The molecule has 0 heterocycles. The van der Waals surface area contributed by atoms with Crippen LogP contribution < -0.4 is 20.1 Å². The molecule has 1 atom stereocenters. The lowest BCUT2D eigenvalue weighted by Crippen LogP contribution is -2.35. The SMILES string of the molecule is CC(=O)Nc1ccc(CCOCCOc2ccc(OCC(O)CNC(C)C)cc2)cc1. The summed E-state index contributed by atoms with van der Waals surface area (Å²) in [5, 5.41) is 15.8. The van der Waals surface area contributed by atoms with Gasteiger partial charge in [0.15, 0.2) is 0 Å². The van der Waals surface area contributed by atoms with E-state index in [1.165, 1.54) is 6.92 Å². The van der Waals surface area contributed by atoms with Crippen LogP contribution in [0.3, 0.4) is 0 Å². The molecule has 170 valence electrons. The van der Waals surface area contributed by atoms with Gasteiger partial charge in [-0.05, 0) is 48.4 Å². The molecular weight excluding hydrogens is 396 g/mol. The van der Waals surface area contributed by atoms with Crippen LogP contribution in [0.1, 0.15) is 26.3 Å². The second kappa shape index (κ2) is 13.6. The standard InChI is InChI=1S/C24H34N2O5/c1-18(2)25-16-22(28)17-31-24-10-8-23(9-11-24)30-15-14-29-13-12-20-4-6-21(7-5-20)26-19(3)27/h4-11,18,22,25,28H,12-17H2,1-3H3,(H,26,27).